The van der Waals surface area contributed by atoms with Gasteiger partial charge in [-0.15, -0.1) is 0 Å². The molecule has 0 saturated heterocycles. The molecule has 2 aromatic rings. The Balaban J connectivity index is 2.26. The highest BCUT2D eigenvalue weighted by molar-refractivity contribution is 6.04. The number of nitrogen functional groups attached to an aromatic ring is 1. The maximum Gasteiger partial charge on any atom is 0.276 e. The fraction of sp³-hybridized carbons (Fsp3) is 0.143. The number of rotatable bonds is 3. The quantitative estimate of drug-likeness (QED) is 0.650. The second kappa shape index (κ2) is 5.49. The van der Waals surface area contributed by atoms with E-state index in [-0.39, 0.29) is 5.91 Å². The Morgan fingerprint density at radius 3 is 2.58 bits per heavy atom. The smallest absolute Gasteiger partial charge is 0.276 e. The number of pyridine rings is 1. The molecule has 1 heterocycles. The average Bonchev–Trinajstić information content (AvgIpc) is 2.46. The predicted octanol–water partition coefficient (Wildman–Crippen LogP) is 1.95. The summed E-state index contributed by atoms with van der Waals surface area (Å²) in [6.07, 6.45) is 1.53. The van der Waals surface area contributed by atoms with Gasteiger partial charge in [-0.1, -0.05) is 18.2 Å². The summed E-state index contributed by atoms with van der Waals surface area (Å²) in [4.78, 5) is 18.0. The van der Waals surface area contributed by atoms with Gasteiger partial charge in [-0.3, -0.25) is 10.6 Å². The fourth-order valence-corrected chi connectivity index (χ4v) is 1.83. The fourth-order valence-electron chi connectivity index (χ4n) is 1.83. The number of nitrogens with one attached hydrogen (secondary N) is 1. The monoisotopic (exact) mass is 256 g/mol. The Labute approximate surface area is 112 Å². The lowest BCUT2D eigenvalue weighted by atomic mass is 10.2. The second-order valence-corrected chi connectivity index (χ2v) is 4.23. The number of benzene rings is 1. The third-order valence-electron chi connectivity index (χ3n) is 2.93. The summed E-state index contributed by atoms with van der Waals surface area (Å²) in [7, 11) is 1.74. The number of para-hydroxylation sites is 1. The highest BCUT2D eigenvalue weighted by Crippen LogP contribution is 2.19. The summed E-state index contributed by atoms with van der Waals surface area (Å²) in [5.74, 6) is 5.11. The van der Waals surface area contributed by atoms with E-state index in [1.54, 1.807) is 24.1 Å². The van der Waals surface area contributed by atoms with Gasteiger partial charge in [-0.25, -0.2) is 4.98 Å². The van der Waals surface area contributed by atoms with Crippen LogP contribution >= 0.6 is 0 Å². The molecule has 0 radical (unpaired) electrons. The molecule has 0 atom stereocenters. The molecule has 5 heteroatoms. The second-order valence-electron chi connectivity index (χ2n) is 4.23. The van der Waals surface area contributed by atoms with Crippen LogP contribution in [0.5, 0.6) is 0 Å². The summed E-state index contributed by atoms with van der Waals surface area (Å²) >= 11 is 0. The van der Waals surface area contributed by atoms with Crippen LogP contribution in [0.15, 0.2) is 42.6 Å². The van der Waals surface area contributed by atoms with E-state index in [0.29, 0.717) is 11.4 Å². The van der Waals surface area contributed by atoms with Gasteiger partial charge in [0, 0.05) is 12.7 Å². The Bertz CT molecular complexity index is 580. The Morgan fingerprint density at radius 1 is 1.26 bits per heavy atom. The van der Waals surface area contributed by atoms with Gasteiger partial charge >= 0.3 is 0 Å². The normalized spacial score (nSPS) is 10.1. The van der Waals surface area contributed by atoms with Crippen molar-refractivity contribution in [3.8, 4) is 0 Å². The van der Waals surface area contributed by atoms with Gasteiger partial charge in [-0.05, 0) is 30.7 Å². The lowest BCUT2D eigenvalue weighted by molar-refractivity contribution is 0.0988. The minimum absolute atomic E-state index is 0.155. The number of nitrogens with two attached hydrogens (primary N) is 1. The zero-order chi connectivity index (χ0) is 13.8. The molecule has 0 unspecified atom stereocenters. The first-order valence-electron chi connectivity index (χ1n) is 5.90. The number of hydrazine groups is 1. The average molecular weight is 256 g/mol. The van der Waals surface area contributed by atoms with E-state index in [1.807, 2.05) is 31.2 Å². The summed E-state index contributed by atoms with van der Waals surface area (Å²) < 4.78 is 0. The molecule has 0 saturated carbocycles. The molecular formula is C14H16N4O. The van der Waals surface area contributed by atoms with Crippen molar-refractivity contribution < 1.29 is 4.79 Å². The van der Waals surface area contributed by atoms with Crippen molar-refractivity contribution in [2.24, 2.45) is 5.84 Å². The third-order valence-corrected chi connectivity index (χ3v) is 2.93. The van der Waals surface area contributed by atoms with E-state index >= 15 is 0 Å². The molecular weight excluding hydrogens is 240 g/mol. The first kappa shape index (κ1) is 13.0. The molecule has 1 aromatic carbocycles. The van der Waals surface area contributed by atoms with Gasteiger partial charge in [-0.2, -0.15) is 0 Å². The summed E-state index contributed by atoms with van der Waals surface area (Å²) in [6, 6.07) is 11.1. The minimum Gasteiger partial charge on any atom is -0.323 e. The Morgan fingerprint density at radius 2 is 2.00 bits per heavy atom. The molecule has 98 valence electrons. The van der Waals surface area contributed by atoms with Gasteiger partial charge < -0.3 is 10.3 Å². The minimum atomic E-state index is -0.155. The molecule has 0 aliphatic carbocycles. The van der Waals surface area contributed by atoms with E-state index in [0.717, 1.165) is 11.3 Å². The van der Waals surface area contributed by atoms with Crippen LogP contribution in [-0.4, -0.2) is 17.9 Å². The molecule has 2 rings (SSSR count). The first-order chi connectivity index (χ1) is 9.13. The van der Waals surface area contributed by atoms with Crippen LogP contribution < -0.4 is 16.2 Å². The van der Waals surface area contributed by atoms with E-state index in [1.165, 1.54) is 6.20 Å². The zero-order valence-corrected chi connectivity index (χ0v) is 10.9. The van der Waals surface area contributed by atoms with Crippen molar-refractivity contribution in [3.63, 3.8) is 0 Å². The van der Waals surface area contributed by atoms with E-state index < -0.39 is 0 Å². The van der Waals surface area contributed by atoms with Crippen molar-refractivity contribution in [1.82, 2.24) is 4.98 Å². The zero-order valence-electron chi connectivity index (χ0n) is 10.9. The van der Waals surface area contributed by atoms with Crippen LogP contribution in [0.1, 0.15) is 16.1 Å². The van der Waals surface area contributed by atoms with Gasteiger partial charge in [0.2, 0.25) is 0 Å². The van der Waals surface area contributed by atoms with Crippen molar-refractivity contribution in [2.75, 3.05) is 17.4 Å². The SMILES string of the molecule is Cc1ccccc1N(C)C(=O)c1ccc(NN)cn1. The van der Waals surface area contributed by atoms with Crippen LogP contribution in [0.25, 0.3) is 0 Å². The predicted molar refractivity (Wildman–Crippen MR) is 76.0 cm³/mol. The molecule has 1 aromatic heterocycles. The van der Waals surface area contributed by atoms with Crippen molar-refractivity contribution in [2.45, 2.75) is 6.92 Å². The summed E-state index contributed by atoms with van der Waals surface area (Å²) in [5, 5.41) is 0. The topological polar surface area (TPSA) is 71.2 Å². The van der Waals surface area contributed by atoms with Crippen LogP contribution in [0.2, 0.25) is 0 Å². The highest BCUT2D eigenvalue weighted by Gasteiger charge is 2.15. The maximum absolute atomic E-state index is 12.3. The molecule has 5 nitrogen and oxygen atoms in total. The van der Waals surface area contributed by atoms with Gasteiger partial charge in [0.1, 0.15) is 5.69 Å². The maximum atomic E-state index is 12.3. The van der Waals surface area contributed by atoms with Gasteiger partial charge in [0.25, 0.3) is 5.91 Å². The number of aryl methyl sites for hydroxylation is 1. The van der Waals surface area contributed by atoms with Crippen LogP contribution in [0.3, 0.4) is 0 Å². The number of hydrogen-bond acceptors (Lipinski definition) is 4. The third kappa shape index (κ3) is 2.71. The highest BCUT2D eigenvalue weighted by atomic mass is 16.2. The van der Waals surface area contributed by atoms with E-state index in [2.05, 4.69) is 10.4 Å². The molecule has 3 N–H and O–H groups in total. The molecule has 0 aliphatic rings. The summed E-state index contributed by atoms with van der Waals surface area (Å²) in [5.41, 5.74) is 5.43. The molecule has 19 heavy (non-hydrogen) atoms. The molecule has 0 aliphatic heterocycles. The largest absolute Gasteiger partial charge is 0.323 e. The van der Waals surface area contributed by atoms with E-state index in [9.17, 15) is 4.79 Å². The number of carbonyl (C=O) groups is 1. The number of carbonyl (C=O) groups excluding carboxylic acids is 1. The number of amides is 1. The molecule has 0 spiro atoms. The number of hydrogen-bond donors (Lipinski definition) is 2. The molecule has 0 bridgehead atoms. The lowest BCUT2D eigenvalue weighted by Gasteiger charge is -2.19. The summed E-state index contributed by atoms with van der Waals surface area (Å²) in [6.45, 7) is 1.97. The van der Waals surface area contributed by atoms with Crippen LogP contribution in [0, 0.1) is 6.92 Å². The number of aromatic nitrogens is 1. The first-order valence-corrected chi connectivity index (χ1v) is 5.90. The van der Waals surface area contributed by atoms with Crippen molar-refractivity contribution in [3.05, 3.63) is 53.9 Å². The lowest BCUT2D eigenvalue weighted by Crippen LogP contribution is -2.27. The van der Waals surface area contributed by atoms with Crippen LogP contribution in [-0.2, 0) is 0 Å². The Hall–Kier alpha value is -2.40. The Kier molecular flexibility index (Phi) is 3.77. The van der Waals surface area contributed by atoms with Gasteiger partial charge in [0.15, 0.2) is 0 Å². The number of anilines is 2. The van der Waals surface area contributed by atoms with Gasteiger partial charge in [0.05, 0.1) is 11.9 Å². The van der Waals surface area contributed by atoms with Crippen molar-refractivity contribution in [1.29, 1.82) is 0 Å². The number of nitrogens with zero attached hydrogens (tertiary/aromatic N) is 2. The van der Waals surface area contributed by atoms with Crippen molar-refractivity contribution >= 4 is 17.3 Å². The standard InChI is InChI=1S/C14H16N4O/c1-10-5-3-4-6-13(10)18(2)14(19)12-8-7-11(17-15)9-16-12/h3-9,17H,15H2,1-2H3. The molecule has 0 fully saturated rings. The van der Waals surface area contributed by atoms with E-state index in [4.69, 9.17) is 5.84 Å². The van der Waals surface area contributed by atoms with Crippen LogP contribution in [0.4, 0.5) is 11.4 Å². The molecule has 1 amide bonds.